The van der Waals surface area contributed by atoms with E-state index >= 15 is 0 Å². The number of ketones is 1. The van der Waals surface area contributed by atoms with E-state index in [0.717, 1.165) is 18.5 Å². The van der Waals surface area contributed by atoms with Crippen molar-refractivity contribution >= 4 is 57.2 Å². The van der Waals surface area contributed by atoms with Crippen molar-refractivity contribution in [2.45, 2.75) is 25.3 Å². The number of thiophene rings is 1. The van der Waals surface area contributed by atoms with Gasteiger partial charge in [0.15, 0.2) is 0 Å². The lowest BCUT2D eigenvalue weighted by Crippen LogP contribution is -2.32. The molecule has 0 saturated heterocycles. The second-order valence-electron chi connectivity index (χ2n) is 7.48. The van der Waals surface area contributed by atoms with E-state index in [-0.39, 0.29) is 12.0 Å². The molecule has 0 spiro atoms. The molecule has 1 aromatic heterocycles. The molecule has 3 aromatic rings. The topological polar surface area (TPSA) is 20.3 Å². The summed E-state index contributed by atoms with van der Waals surface area (Å²) < 4.78 is 1.21. The minimum Gasteiger partial charge on any atom is -0.333 e. The smallest absolute Gasteiger partial charge is 0.138 e. The number of hydrogen-bond donors (Lipinski definition) is 0. The van der Waals surface area contributed by atoms with Crippen molar-refractivity contribution in [1.82, 2.24) is 0 Å². The maximum atomic E-state index is 12.9. The lowest BCUT2D eigenvalue weighted by molar-refractivity contribution is -0.120. The highest BCUT2D eigenvalue weighted by Crippen LogP contribution is 2.45. The molecular formula is C24H20INOS. The van der Waals surface area contributed by atoms with Crippen LogP contribution in [0.15, 0.2) is 65.4 Å². The van der Waals surface area contributed by atoms with Gasteiger partial charge in [-0.05, 0) is 88.3 Å². The van der Waals surface area contributed by atoms with E-state index in [4.69, 9.17) is 0 Å². The van der Waals surface area contributed by atoms with Crippen LogP contribution in [0.1, 0.15) is 42.0 Å². The van der Waals surface area contributed by atoms with Gasteiger partial charge in [0.1, 0.15) is 5.78 Å². The molecule has 1 unspecified atom stereocenters. The largest absolute Gasteiger partial charge is 0.333 e. The molecule has 1 fully saturated rings. The van der Waals surface area contributed by atoms with Gasteiger partial charge < -0.3 is 4.90 Å². The first-order valence-electron chi connectivity index (χ1n) is 9.61. The normalized spacial score (nSPS) is 18.5. The number of fused-ring (bicyclic) bond motifs is 1. The molecule has 0 bridgehead atoms. The summed E-state index contributed by atoms with van der Waals surface area (Å²) >= 11 is 4.05. The fourth-order valence-corrected chi connectivity index (χ4v) is 5.00. The van der Waals surface area contributed by atoms with Crippen molar-refractivity contribution in [3.63, 3.8) is 0 Å². The molecule has 2 aliphatic rings. The van der Waals surface area contributed by atoms with Gasteiger partial charge >= 0.3 is 0 Å². The van der Waals surface area contributed by atoms with Crippen LogP contribution in [-0.4, -0.2) is 5.78 Å². The number of Topliss-reactive ketones (excluding diaryl/α,β-unsaturated/α-hetero) is 1. The molecule has 1 atom stereocenters. The number of hydrogen-bond acceptors (Lipinski definition) is 3. The van der Waals surface area contributed by atoms with E-state index in [9.17, 15) is 4.79 Å². The third-order valence-corrected chi connectivity index (χ3v) is 6.97. The highest BCUT2D eigenvalue weighted by atomic mass is 127. The number of anilines is 1. The Morgan fingerprint density at radius 3 is 2.57 bits per heavy atom. The zero-order chi connectivity index (χ0) is 19.1. The quantitative estimate of drug-likeness (QED) is 0.362. The van der Waals surface area contributed by atoms with Crippen molar-refractivity contribution in [3.05, 3.63) is 85.6 Å². The Kier molecular flexibility index (Phi) is 4.85. The van der Waals surface area contributed by atoms with Crippen molar-refractivity contribution in [3.8, 4) is 0 Å². The van der Waals surface area contributed by atoms with Gasteiger partial charge in [-0.2, -0.15) is 11.3 Å². The van der Waals surface area contributed by atoms with Crippen LogP contribution in [-0.2, 0) is 4.79 Å². The summed E-state index contributed by atoms with van der Waals surface area (Å²) in [5.74, 6) is 0.683. The molecule has 0 amide bonds. The SMILES string of the molecule is O=C(CC1c2ccccc2C=C(c2ccsc2)N1c1ccc(I)cc1)C1CC1. The van der Waals surface area contributed by atoms with Crippen LogP contribution in [0, 0.1) is 9.49 Å². The molecule has 1 aliphatic carbocycles. The van der Waals surface area contributed by atoms with Crippen LogP contribution in [0.4, 0.5) is 5.69 Å². The lowest BCUT2D eigenvalue weighted by Gasteiger charge is -2.39. The number of rotatable bonds is 5. The van der Waals surface area contributed by atoms with Gasteiger partial charge in [-0.25, -0.2) is 0 Å². The van der Waals surface area contributed by atoms with E-state index in [1.54, 1.807) is 11.3 Å². The average molecular weight is 497 g/mol. The molecule has 0 N–H and O–H groups in total. The maximum absolute atomic E-state index is 12.9. The van der Waals surface area contributed by atoms with Crippen molar-refractivity contribution in [1.29, 1.82) is 0 Å². The molecule has 140 valence electrons. The van der Waals surface area contributed by atoms with Gasteiger partial charge in [0.05, 0.1) is 11.7 Å². The molecule has 1 saturated carbocycles. The van der Waals surface area contributed by atoms with Crippen molar-refractivity contribution in [2.75, 3.05) is 4.90 Å². The first kappa shape index (κ1) is 18.1. The summed E-state index contributed by atoms with van der Waals surface area (Å²) in [6, 6.07) is 19.3. The maximum Gasteiger partial charge on any atom is 0.138 e. The van der Waals surface area contributed by atoms with Gasteiger partial charge in [0, 0.05) is 32.5 Å². The fourth-order valence-electron chi connectivity index (χ4n) is 3.99. The predicted octanol–water partition coefficient (Wildman–Crippen LogP) is 6.78. The Labute approximate surface area is 183 Å². The van der Waals surface area contributed by atoms with E-state index in [2.05, 4.69) is 98.9 Å². The lowest BCUT2D eigenvalue weighted by atomic mass is 9.88. The summed E-state index contributed by atoms with van der Waals surface area (Å²) in [6.07, 6.45) is 4.95. The zero-order valence-electron chi connectivity index (χ0n) is 15.3. The molecule has 4 heteroatoms. The molecular weight excluding hydrogens is 477 g/mol. The molecule has 2 aromatic carbocycles. The first-order chi connectivity index (χ1) is 13.7. The zero-order valence-corrected chi connectivity index (χ0v) is 18.3. The summed E-state index contributed by atoms with van der Waals surface area (Å²) in [6.45, 7) is 0. The van der Waals surface area contributed by atoms with E-state index < -0.39 is 0 Å². The Bertz CT molecular complexity index is 1030. The first-order valence-corrected chi connectivity index (χ1v) is 11.6. The standard InChI is InChI=1S/C24H20INOS/c25-19-7-9-20(10-8-19)26-22(18-11-12-28-15-18)13-17-3-1-2-4-21(17)23(26)14-24(27)16-5-6-16/h1-4,7-13,15-16,23H,5-6,14H2. The number of carbonyl (C=O) groups is 1. The van der Waals surface area contributed by atoms with Crippen LogP contribution in [0.2, 0.25) is 0 Å². The van der Waals surface area contributed by atoms with Crippen LogP contribution in [0.5, 0.6) is 0 Å². The van der Waals surface area contributed by atoms with Gasteiger partial charge in [-0.1, -0.05) is 24.3 Å². The number of benzene rings is 2. The van der Waals surface area contributed by atoms with Gasteiger partial charge in [0.25, 0.3) is 0 Å². The monoisotopic (exact) mass is 497 g/mol. The second kappa shape index (κ2) is 7.48. The number of halogens is 1. The second-order valence-corrected chi connectivity index (χ2v) is 9.50. The number of carbonyl (C=O) groups excluding carboxylic acids is 1. The minimum atomic E-state index is 0.0317. The van der Waals surface area contributed by atoms with Gasteiger partial charge in [0.2, 0.25) is 0 Å². The molecule has 1 aliphatic heterocycles. The van der Waals surface area contributed by atoms with Crippen molar-refractivity contribution < 1.29 is 4.79 Å². The Balaban J connectivity index is 1.67. The summed E-state index contributed by atoms with van der Waals surface area (Å²) in [5.41, 5.74) is 5.99. The number of nitrogens with zero attached hydrogens (tertiary/aromatic N) is 1. The van der Waals surface area contributed by atoms with Gasteiger partial charge in [-0.3, -0.25) is 4.79 Å². The summed E-state index contributed by atoms with van der Waals surface area (Å²) in [7, 11) is 0. The summed E-state index contributed by atoms with van der Waals surface area (Å²) in [5, 5.41) is 4.31. The van der Waals surface area contributed by atoms with Crippen LogP contribution < -0.4 is 4.90 Å². The van der Waals surface area contributed by atoms with Crippen molar-refractivity contribution in [2.24, 2.45) is 5.92 Å². The molecule has 2 heterocycles. The van der Waals surface area contributed by atoms with Crippen LogP contribution >= 0.6 is 33.9 Å². The van der Waals surface area contributed by atoms with E-state index in [0.29, 0.717) is 12.2 Å². The van der Waals surface area contributed by atoms with E-state index in [1.807, 2.05) is 0 Å². The van der Waals surface area contributed by atoms with Gasteiger partial charge in [-0.15, -0.1) is 0 Å². The van der Waals surface area contributed by atoms with E-state index in [1.165, 1.54) is 26.0 Å². The average Bonchev–Trinajstić information content (AvgIpc) is 3.43. The molecule has 5 rings (SSSR count). The van der Waals surface area contributed by atoms with Crippen LogP contribution in [0.25, 0.3) is 11.8 Å². The minimum absolute atomic E-state index is 0.0317. The Hall–Kier alpha value is -1.92. The third kappa shape index (κ3) is 3.44. The molecule has 2 nitrogen and oxygen atoms in total. The third-order valence-electron chi connectivity index (χ3n) is 5.57. The highest BCUT2D eigenvalue weighted by Gasteiger charge is 2.36. The molecule has 0 radical (unpaired) electrons. The fraction of sp³-hybridized carbons (Fsp3) is 0.208. The molecule has 28 heavy (non-hydrogen) atoms. The Morgan fingerprint density at radius 1 is 1.07 bits per heavy atom. The summed E-state index contributed by atoms with van der Waals surface area (Å²) in [4.78, 5) is 15.2. The predicted molar refractivity (Wildman–Crippen MR) is 125 cm³/mol. The van der Waals surface area contributed by atoms with Crippen LogP contribution in [0.3, 0.4) is 0 Å². The highest BCUT2D eigenvalue weighted by molar-refractivity contribution is 14.1. The Morgan fingerprint density at radius 2 is 1.86 bits per heavy atom.